The number of aryl methyl sites for hydroxylation is 1. The van der Waals surface area contributed by atoms with Crippen LogP contribution in [0.2, 0.25) is 0 Å². The molecule has 2 amide bonds. The molecule has 2 aromatic heterocycles. The van der Waals surface area contributed by atoms with Gasteiger partial charge in [0.25, 0.3) is 5.91 Å². The van der Waals surface area contributed by atoms with Gasteiger partial charge in [0.05, 0.1) is 25.3 Å². The number of anilines is 1. The zero-order chi connectivity index (χ0) is 25.5. The number of carbonyl (C=O) groups is 2. The number of nitrogens with two attached hydrogens (primary N) is 1. The van der Waals surface area contributed by atoms with Crippen LogP contribution in [0.4, 0.5) is 5.69 Å². The van der Waals surface area contributed by atoms with E-state index in [1.807, 2.05) is 23.6 Å². The molecular formula is C26H29N5O4S. The van der Waals surface area contributed by atoms with Gasteiger partial charge in [-0.25, -0.2) is 4.98 Å². The van der Waals surface area contributed by atoms with Gasteiger partial charge < -0.3 is 30.8 Å². The predicted molar refractivity (Wildman–Crippen MR) is 141 cm³/mol. The van der Waals surface area contributed by atoms with Gasteiger partial charge in [0.1, 0.15) is 0 Å². The van der Waals surface area contributed by atoms with E-state index in [1.165, 1.54) is 11.3 Å². The Morgan fingerprint density at radius 1 is 1.11 bits per heavy atom. The number of benzene rings is 2. The van der Waals surface area contributed by atoms with Gasteiger partial charge in [-0.15, -0.1) is 11.3 Å². The molecule has 0 spiro atoms. The van der Waals surface area contributed by atoms with E-state index in [0.717, 1.165) is 34.4 Å². The van der Waals surface area contributed by atoms with E-state index in [9.17, 15) is 9.59 Å². The Hall–Kier alpha value is -3.89. The first kappa shape index (κ1) is 25.2. The van der Waals surface area contributed by atoms with E-state index in [4.69, 9.17) is 15.2 Å². The molecule has 0 unspecified atom stereocenters. The van der Waals surface area contributed by atoms with E-state index < -0.39 is 6.04 Å². The molecule has 0 aliphatic carbocycles. The van der Waals surface area contributed by atoms with Crippen LogP contribution >= 0.6 is 11.3 Å². The maximum atomic E-state index is 12.8. The van der Waals surface area contributed by atoms with Crippen molar-refractivity contribution in [2.24, 2.45) is 5.73 Å². The average Bonchev–Trinajstić information content (AvgIpc) is 3.55. The van der Waals surface area contributed by atoms with Crippen molar-refractivity contribution < 1.29 is 19.1 Å². The summed E-state index contributed by atoms with van der Waals surface area (Å²) in [6.45, 7) is 0.527. The number of nitrogens with one attached hydrogen (secondary N) is 3. The summed E-state index contributed by atoms with van der Waals surface area (Å²) in [5.41, 5.74) is 9.11. The van der Waals surface area contributed by atoms with Crippen LogP contribution in [0, 0.1) is 0 Å². The number of nitrogens with zero attached hydrogens (tertiary/aromatic N) is 1. The standard InChI is InChI=1S/C26H29N5O4S/c1-34-22-8-6-19(14-23(22)35-2)31-25(32)16-5-7-21-17(12-16)13-18(30-21)4-3-9-29-26(33)20(27)15-24-28-10-11-36-24/h5-8,10-14,20,30H,3-4,9,15,27H2,1-2H3,(H,29,33)(H,31,32)/t20-/m0/s1. The third-order valence-corrected chi connectivity index (χ3v) is 6.52. The first-order valence-corrected chi connectivity index (χ1v) is 12.4. The fourth-order valence-electron chi connectivity index (χ4n) is 3.84. The molecule has 188 valence electrons. The van der Waals surface area contributed by atoms with E-state index in [0.29, 0.717) is 35.7 Å². The second-order valence-corrected chi connectivity index (χ2v) is 9.23. The Labute approximate surface area is 213 Å². The third-order valence-electron chi connectivity index (χ3n) is 5.72. The number of hydrogen-bond donors (Lipinski definition) is 4. The van der Waals surface area contributed by atoms with Crippen molar-refractivity contribution in [2.75, 3.05) is 26.1 Å². The quantitative estimate of drug-likeness (QED) is 0.230. The summed E-state index contributed by atoms with van der Waals surface area (Å²) in [5.74, 6) is 0.740. The molecule has 0 radical (unpaired) electrons. The summed E-state index contributed by atoms with van der Waals surface area (Å²) >= 11 is 1.49. The van der Waals surface area contributed by atoms with Gasteiger partial charge in [-0.1, -0.05) is 0 Å². The number of ether oxygens (including phenoxy) is 2. The number of hydrogen-bond acceptors (Lipinski definition) is 7. The van der Waals surface area contributed by atoms with E-state index >= 15 is 0 Å². The van der Waals surface area contributed by atoms with Crippen LogP contribution in [-0.4, -0.2) is 48.6 Å². The largest absolute Gasteiger partial charge is 0.493 e. The fourth-order valence-corrected chi connectivity index (χ4v) is 4.52. The Kier molecular flexibility index (Phi) is 8.19. The molecule has 0 saturated heterocycles. The van der Waals surface area contributed by atoms with Gasteiger partial charge in [0, 0.05) is 58.5 Å². The van der Waals surface area contributed by atoms with Crippen molar-refractivity contribution in [2.45, 2.75) is 25.3 Å². The maximum Gasteiger partial charge on any atom is 0.255 e. The second-order valence-electron chi connectivity index (χ2n) is 8.25. The van der Waals surface area contributed by atoms with Gasteiger partial charge in [-0.05, 0) is 49.2 Å². The van der Waals surface area contributed by atoms with E-state index in [1.54, 1.807) is 44.7 Å². The molecule has 2 aromatic carbocycles. The van der Waals surface area contributed by atoms with E-state index in [-0.39, 0.29) is 11.8 Å². The van der Waals surface area contributed by atoms with Crippen molar-refractivity contribution in [3.8, 4) is 11.5 Å². The lowest BCUT2D eigenvalue weighted by Gasteiger charge is -2.10. The lowest BCUT2D eigenvalue weighted by Crippen LogP contribution is -2.42. The first-order chi connectivity index (χ1) is 17.5. The number of carbonyl (C=O) groups excluding carboxylic acids is 2. The van der Waals surface area contributed by atoms with Crippen LogP contribution in [-0.2, 0) is 17.6 Å². The Bertz CT molecular complexity index is 1340. The molecule has 0 aliphatic heterocycles. The second kappa shape index (κ2) is 11.7. The zero-order valence-electron chi connectivity index (χ0n) is 20.2. The van der Waals surface area contributed by atoms with Crippen LogP contribution in [0.5, 0.6) is 11.5 Å². The molecule has 10 heteroatoms. The summed E-state index contributed by atoms with van der Waals surface area (Å²) in [6, 6.07) is 12.2. The number of H-pyrrole nitrogens is 1. The van der Waals surface area contributed by atoms with Crippen LogP contribution in [0.15, 0.2) is 54.0 Å². The molecular weight excluding hydrogens is 478 g/mol. The minimum atomic E-state index is -0.604. The maximum absolute atomic E-state index is 12.8. The van der Waals surface area contributed by atoms with Crippen LogP contribution in [0.1, 0.15) is 27.5 Å². The smallest absolute Gasteiger partial charge is 0.255 e. The topological polar surface area (TPSA) is 131 Å². The monoisotopic (exact) mass is 507 g/mol. The Balaban J connectivity index is 1.30. The molecule has 0 bridgehead atoms. The zero-order valence-corrected chi connectivity index (χ0v) is 21.0. The molecule has 5 N–H and O–H groups in total. The van der Waals surface area contributed by atoms with Crippen molar-refractivity contribution in [1.29, 1.82) is 0 Å². The molecule has 0 saturated carbocycles. The van der Waals surface area contributed by atoms with Gasteiger partial charge in [-0.3, -0.25) is 9.59 Å². The van der Waals surface area contributed by atoms with E-state index in [2.05, 4.69) is 20.6 Å². The normalized spacial score (nSPS) is 11.8. The summed E-state index contributed by atoms with van der Waals surface area (Å²) < 4.78 is 10.5. The molecule has 9 nitrogen and oxygen atoms in total. The summed E-state index contributed by atoms with van der Waals surface area (Å²) in [5, 5.41) is 9.45. The van der Waals surface area contributed by atoms with Crippen molar-refractivity contribution in [1.82, 2.24) is 15.3 Å². The molecule has 4 rings (SSSR count). The first-order valence-electron chi connectivity index (χ1n) is 11.5. The molecule has 2 heterocycles. The summed E-state index contributed by atoms with van der Waals surface area (Å²) in [7, 11) is 3.11. The molecule has 1 atom stereocenters. The SMILES string of the molecule is COc1ccc(NC(=O)c2ccc3[nH]c(CCCNC(=O)[C@@H](N)Cc4nccs4)cc3c2)cc1OC. The number of methoxy groups -OCH3 is 2. The number of thiazole rings is 1. The van der Waals surface area contributed by atoms with Crippen molar-refractivity contribution in [3.63, 3.8) is 0 Å². The van der Waals surface area contributed by atoms with Gasteiger partial charge >= 0.3 is 0 Å². The minimum Gasteiger partial charge on any atom is -0.493 e. The van der Waals surface area contributed by atoms with Crippen LogP contribution in [0.3, 0.4) is 0 Å². The van der Waals surface area contributed by atoms with Gasteiger partial charge in [0.2, 0.25) is 5.91 Å². The highest BCUT2D eigenvalue weighted by atomic mass is 32.1. The third kappa shape index (κ3) is 6.21. The highest BCUT2D eigenvalue weighted by Crippen LogP contribution is 2.30. The number of rotatable bonds is 11. The molecule has 36 heavy (non-hydrogen) atoms. The van der Waals surface area contributed by atoms with Crippen molar-refractivity contribution in [3.05, 3.63) is 70.3 Å². The number of amides is 2. The van der Waals surface area contributed by atoms with Crippen molar-refractivity contribution >= 4 is 39.7 Å². The number of aromatic amines is 1. The Morgan fingerprint density at radius 3 is 2.69 bits per heavy atom. The van der Waals surface area contributed by atoms with Crippen LogP contribution < -0.4 is 25.8 Å². The minimum absolute atomic E-state index is 0.174. The lowest BCUT2D eigenvalue weighted by molar-refractivity contribution is -0.122. The predicted octanol–water partition coefficient (Wildman–Crippen LogP) is 3.51. The van der Waals surface area contributed by atoms with Crippen LogP contribution in [0.25, 0.3) is 10.9 Å². The fraction of sp³-hybridized carbons (Fsp3) is 0.269. The Morgan fingerprint density at radius 2 is 1.94 bits per heavy atom. The van der Waals surface area contributed by atoms with Gasteiger partial charge in [0.15, 0.2) is 11.5 Å². The average molecular weight is 508 g/mol. The molecule has 4 aromatic rings. The lowest BCUT2D eigenvalue weighted by atomic mass is 10.1. The molecule has 0 fully saturated rings. The highest BCUT2D eigenvalue weighted by Gasteiger charge is 2.15. The number of aromatic nitrogens is 2. The van der Waals surface area contributed by atoms with Gasteiger partial charge in [-0.2, -0.15) is 0 Å². The number of fused-ring (bicyclic) bond motifs is 1. The molecule has 0 aliphatic rings. The highest BCUT2D eigenvalue weighted by molar-refractivity contribution is 7.09. The summed E-state index contributed by atoms with van der Waals surface area (Å²) in [6.07, 6.45) is 3.66. The summed E-state index contributed by atoms with van der Waals surface area (Å²) in [4.78, 5) is 32.5.